The zero-order valence-corrected chi connectivity index (χ0v) is 15.0. The van der Waals surface area contributed by atoms with Gasteiger partial charge >= 0.3 is 12.1 Å². The van der Waals surface area contributed by atoms with Gasteiger partial charge in [0.2, 0.25) is 0 Å². The van der Waals surface area contributed by atoms with Gasteiger partial charge < -0.3 is 9.47 Å². The van der Waals surface area contributed by atoms with Crippen molar-refractivity contribution in [3.05, 3.63) is 28.3 Å². The Bertz CT molecular complexity index is 637. The second-order valence-corrected chi connectivity index (χ2v) is 6.50. The fourth-order valence-electron chi connectivity index (χ4n) is 1.92. The highest BCUT2D eigenvalue weighted by atomic mass is 16.6. The van der Waals surface area contributed by atoms with Crippen LogP contribution in [0.1, 0.15) is 53.4 Å². The van der Waals surface area contributed by atoms with Crippen LogP contribution in [-0.2, 0) is 9.53 Å². The molecule has 1 aromatic rings. The number of nitro benzene ring substituents is 1. The fourth-order valence-corrected chi connectivity index (χ4v) is 1.92. The zero-order chi connectivity index (χ0) is 19.0. The van der Waals surface area contributed by atoms with Gasteiger partial charge in [-0.05, 0) is 33.3 Å². The van der Waals surface area contributed by atoms with Crippen molar-refractivity contribution in [2.24, 2.45) is 0 Å². The minimum atomic E-state index is -0.795. The Labute approximate surface area is 146 Å². The molecule has 0 aliphatic heterocycles. The number of nitrogens with zero attached hydrogens (tertiary/aromatic N) is 1. The molecule has 1 rings (SSSR count). The molecule has 0 unspecified atom stereocenters. The van der Waals surface area contributed by atoms with Crippen LogP contribution in [-0.4, -0.2) is 22.6 Å². The molecule has 0 atom stereocenters. The SMILES string of the molecule is CCCCCC(=O)Oc1ccc([N+](=O)[O-])cc1NC(=O)OC(C)(C)C. The Hall–Kier alpha value is -2.64. The molecule has 8 heteroatoms. The van der Waals surface area contributed by atoms with Crippen molar-refractivity contribution in [1.82, 2.24) is 0 Å². The maximum Gasteiger partial charge on any atom is 0.412 e. The van der Waals surface area contributed by atoms with E-state index in [1.54, 1.807) is 20.8 Å². The predicted octanol–water partition coefficient (Wildman–Crippen LogP) is 4.43. The summed E-state index contributed by atoms with van der Waals surface area (Å²) in [7, 11) is 0. The number of rotatable bonds is 7. The van der Waals surface area contributed by atoms with Crippen LogP contribution in [0.4, 0.5) is 16.2 Å². The molecular weight excluding hydrogens is 328 g/mol. The number of anilines is 1. The smallest absolute Gasteiger partial charge is 0.412 e. The van der Waals surface area contributed by atoms with Crippen molar-refractivity contribution in [2.75, 3.05) is 5.32 Å². The lowest BCUT2D eigenvalue weighted by Gasteiger charge is -2.20. The molecule has 0 fully saturated rings. The average molecular weight is 352 g/mol. The van der Waals surface area contributed by atoms with Crippen molar-refractivity contribution >= 4 is 23.4 Å². The van der Waals surface area contributed by atoms with E-state index in [0.29, 0.717) is 6.42 Å². The Morgan fingerprint density at radius 1 is 1.24 bits per heavy atom. The zero-order valence-electron chi connectivity index (χ0n) is 15.0. The Morgan fingerprint density at radius 3 is 2.48 bits per heavy atom. The number of unbranched alkanes of at least 4 members (excludes halogenated alkanes) is 2. The largest absolute Gasteiger partial charge is 0.444 e. The molecule has 0 bridgehead atoms. The number of non-ortho nitro benzene ring substituents is 1. The van der Waals surface area contributed by atoms with Gasteiger partial charge in [0, 0.05) is 18.6 Å². The number of nitro groups is 1. The molecule has 0 aliphatic carbocycles. The number of hydrogen-bond acceptors (Lipinski definition) is 6. The third-order valence-electron chi connectivity index (χ3n) is 3.02. The van der Waals surface area contributed by atoms with Gasteiger partial charge in [0.05, 0.1) is 10.6 Å². The van der Waals surface area contributed by atoms with Crippen LogP contribution in [0.15, 0.2) is 18.2 Å². The van der Waals surface area contributed by atoms with Gasteiger partial charge in [0.25, 0.3) is 5.69 Å². The number of hydrogen-bond donors (Lipinski definition) is 1. The van der Waals surface area contributed by atoms with E-state index in [4.69, 9.17) is 9.47 Å². The Balaban J connectivity index is 2.94. The number of carbonyl (C=O) groups is 2. The van der Waals surface area contributed by atoms with E-state index < -0.39 is 22.6 Å². The normalized spacial score (nSPS) is 10.9. The number of esters is 1. The number of carbonyl (C=O) groups excluding carboxylic acids is 2. The fraction of sp³-hybridized carbons (Fsp3) is 0.529. The number of benzene rings is 1. The van der Waals surface area contributed by atoms with Crippen LogP contribution < -0.4 is 10.1 Å². The van der Waals surface area contributed by atoms with Gasteiger partial charge in [-0.3, -0.25) is 20.2 Å². The van der Waals surface area contributed by atoms with E-state index in [0.717, 1.165) is 18.9 Å². The van der Waals surface area contributed by atoms with Gasteiger partial charge in [-0.1, -0.05) is 19.8 Å². The predicted molar refractivity (Wildman–Crippen MR) is 92.7 cm³/mol. The number of ether oxygens (including phenoxy) is 2. The van der Waals surface area contributed by atoms with Crippen LogP contribution >= 0.6 is 0 Å². The van der Waals surface area contributed by atoms with Crippen LogP contribution in [0.5, 0.6) is 5.75 Å². The Kier molecular flexibility index (Phi) is 7.35. The van der Waals surface area contributed by atoms with E-state index in [9.17, 15) is 19.7 Å². The van der Waals surface area contributed by atoms with Crippen molar-refractivity contribution in [3.8, 4) is 5.75 Å². The molecule has 1 amide bonds. The minimum absolute atomic E-state index is 0.00675. The molecule has 1 aromatic carbocycles. The third kappa shape index (κ3) is 7.65. The highest BCUT2D eigenvalue weighted by Gasteiger charge is 2.20. The summed E-state index contributed by atoms with van der Waals surface area (Å²) in [5, 5.41) is 13.3. The van der Waals surface area contributed by atoms with E-state index >= 15 is 0 Å². The highest BCUT2D eigenvalue weighted by molar-refractivity contribution is 5.88. The van der Waals surface area contributed by atoms with Crippen LogP contribution in [0.25, 0.3) is 0 Å². The molecule has 138 valence electrons. The third-order valence-corrected chi connectivity index (χ3v) is 3.02. The van der Waals surface area contributed by atoms with E-state index in [1.165, 1.54) is 12.1 Å². The molecule has 0 heterocycles. The van der Waals surface area contributed by atoms with Gasteiger partial charge in [0.15, 0.2) is 5.75 Å². The van der Waals surface area contributed by atoms with E-state index in [2.05, 4.69) is 5.32 Å². The van der Waals surface area contributed by atoms with Gasteiger partial charge in [-0.25, -0.2) is 4.79 Å². The molecular formula is C17H24N2O6. The molecule has 0 aromatic heterocycles. The molecule has 0 aliphatic rings. The number of nitrogens with one attached hydrogen (secondary N) is 1. The van der Waals surface area contributed by atoms with Crippen LogP contribution in [0.2, 0.25) is 0 Å². The molecule has 25 heavy (non-hydrogen) atoms. The summed E-state index contributed by atoms with van der Waals surface area (Å²) in [6, 6.07) is 3.61. The van der Waals surface area contributed by atoms with Crippen molar-refractivity contribution in [2.45, 2.75) is 59.0 Å². The summed E-state index contributed by atoms with van der Waals surface area (Å²) in [5.74, 6) is -0.424. The molecule has 0 spiro atoms. The van der Waals surface area contributed by atoms with Crippen molar-refractivity contribution in [3.63, 3.8) is 0 Å². The molecule has 0 saturated heterocycles. The first-order chi connectivity index (χ1) is 11.6. The maximum absolute atomic E-state index is 11.9. The second-order valence-electron chi connectivity index (χ2n) is 6.50. The summed E-state index contributed by atoms with van der Waals surface area (Å²) in [6.45, 7) is 7.09. The molecule has 1 N–H and O–H groups in total. The quantitative estimate of drug-likeness (QED) is 0.256. The Morgan fingerprint density at radius 2 is 1.92 bits per heavy atom. The summed E-state index contributed by atoms with van der Waals surface area (Å²) in [4.78, 5) is 34.1. The second kappa shape index (κ2) is 9.00. The summed E-state index contributed by atoms with van der Waals surface area (Å²) in [6.07, 6.45) is 2.00. The van der Waals surface area contributed by atoms with Gasteiger partial charge in [-0.15, -0.1) is 0 Å². The lowest BCUT2D eigenvalue weighted by molar-refractivity contribution is -0.384. The monoisotopic (exact) mass is 352 g/mol. The number of amides is 1. The molecule has 0 radical (unpaired) electrons. The maximum atomic E-state index is 11.9. The standard InChI is InChI=1S/C17H24N2O6/c1-5-6-7-8-15(20)24-14-10-9-12(19(22)23)11-13(14)18-16(21)25-17(2,3)4/h9-11H,5-8H2,1-4H3,(H,18,21). The summed E-state index contributed by atoms with van der Waals surface area (Å²) >= 11 is 0. The van der Waals surface area contributed by atoms with Crippen molar-refractivity contribution < 1.29 is 24.0 Å². The summed E-state index contributed by atoms with van der Waals surface area (Å²) in [5.41, 5.74) is -0.967. The average Bonchev–Trinajstić information content (AvgIpc) is 2.47. The van der Waals surface area contributed by atoms with Gasteiger partial charge in [0.1, 0.15) is 5.60 Å². The lowest BCUT2D eigenvalue weighted by Crippen LogP contribution is -2.27. The minimum Gasteiger partial charge on any atom is -0.444 e. The lowest BCUT2D eigenvalue weighted by atomic mass is 10.2. The molecule has 0 saturated carbocycles. The first-order valence-corrected chi connectivity index (χ1v) is 8.11. The van der Waals surface area contributed by atoms with Crippen LogP contribution in [0, 0.1) is 10.1 Å². The van der Waals surface area contributed by atoms with Crippen molar-refractivity contribution in [1.29, 1.82) is 0 Å². The van der Waals surface area contributed by atoms with E-state index in [1.807, 2.05) is 6.92 Å². The van der Waals surface area contributed by atoms with Gasteiger partial charge in [-0.2, -0.15) is 0 Å². The van der Waals surface area contributed by atoms with E-state index in [-0.39, 0.29) is 23.5 Å². The highest BCUT2D eigenvalue weighted by Crippen LogP contribution is 2.30. The summed E-state index contributed by atoms with van der Waals surface area (Å²) < 4.78 is 10.3. The first kappa shape index (κ1) is 20.4. The first-order valence-electron chi connectivity index (χ1n) is 8.11. The molecule has 8 nitrogen and oxygen atoms in total. The van der Waals surface area contributed by atoms with Crippen LogP contribution in [0.3, 0.4) is 0 Å². The topological polar surface area (TPSA) is 108 Å².